The highest BCUT2D eigenvalue weighted by atomic mass is 16.5. The third-order valence-electron chi connectivity index (χ3n) is 2.63. The van der Waals surface area contributed by atoms with E-state index >= 15 is 0 Å². The van der Waals surface area contributed by atoms with Crippen molar-refractivity contribution in [3.05, 3.63) is 0 Å². The Labute approximate surface area is 72.0 Å². The molecular formula is C9H14O3. The molecule has 2 aliphatic rings. The van der Waals surface area contributed by atoms with Crippen molar-refractivity contribution in [1.82, 2.24) is 0 Å². The van der Waals surface area contributed by atoms with Gasteiger partial charge in [0.15, 0.2) is 0 Å². The Morgan fingerprint density at radius 3 is 2.92 bits per heavy atom. The number of carbonyl (C=O) groups excluding carboxylic acids is 1. The number of rotatable bonds is 1. The predicted octanol–water partition coefficient (Wildman–Crippen LogP) is 0.771. The molecule has 2 saturated heterocycles. The summed E-state index contributed by atoms with van der Waals surface area (Å²) in [6.45, 7) is 2.22. The fourth-order valence-electron chi connectivity index (χ4n) is 1.86. The van der Waals surface area contributed by atoms with E-state index in [1.807, 2.05) is 0 Å². The second kappa shape index (κ2) is 3.54. The molecule has 2 aliphatic heterocycles. The minimum atomic E-state index is 0.147. The lowest BCUT2D eigenvalue weighted by Gasteiger charge is -2.25. The maximum atomic E-state index is 11.1. The van der Waals surface area contributed by atoms with E-state index in [1.165, 1.54) is 0 Å². The number of Topliss-reactive ketones (excluding diaryl/α,β-unsaturated/α-hetero) is 1. The zero-order chi connectivity index (χ0) is 8.39. The van der Waals surface area contributed by atoms with Crippen LogP contribution in [0.25, 0.3) is 0 Å². The molecule has 0 aromatic heterocycles. The summed E-state index contributed by atoms with van der Waals surface area (Å²) < 4.78 is 10.8. The minimum Gasteiger partial charge on any atom is -0.381 e. The van der Waals surface area contributed by atoms with Gasteiger partial charge in [-0.1, -0.05) is 0 Å². The van der Waals surface area contributed by atoms with Crippen LogP contribution in [0, 0.1) is 5.92 Å². The molecular weight excluding hydrogens is 156 g/mol. The van der Waals surface area contributed by atoms with Gasteiger partial charge in [-0.2, -0.15) is 0 Å². The first-order valence-electron chi connectivity index (χ1n) is 4.57. The highest BCUT2D eigenvalue weighted by Gasteiger charge is 2.30. The van der Waals surface area contributed by atoms with Crippen molar-refractivity contribution in [1.29, 1.82) is 0 Å². The highest BCUT2D eigenvalue weighted by Crippen LogP contribution is 2.24. The van der Waals surface area contributed by atoms with Gasteiger partial charge in [0.25, 0.3) is 0 Å². The Hall–Kier alpha value is -0.410. The molecule has 1 unspecified atom stereocenters. The van der Waals surface area contributed by atoms with Crippen molar-refractivity contribution in [3.63, 3.8) is 0 Å². The fourth-order valence-corrected chi connectivity index (χ4v) is 1.86. The van der Waals surface area contributed by atoms with Gasteiger partial charge in [0, 0.05) is 25.4 Å². The third-order valence-corrected chi connectivity index (χ3v) is 2.63. The Kier molecular flexibility index (Phi) is 2.42. The average molecular weight is 170 g/mol. The van der Waals surface area contributed by atoms with Crippen LogP contribution >= 0.6 is 0 Å². The van der Waals surface area contributed by atoms with Crippen LogP contribution in [0.5, 0.6) is 0 Å². The van der Waals surface area contributed by atoms with E-state index in [2.05, 4.69) is 0 Å². The quantitative estimate of drug-likeness (QED) is 0.583. The van der Waals surface area contributed by atoms with Crippen LogP contribution in [0.4, 0.5) is 0 Å². The topological polar surface area (TPSA) is 35.5 Å². The van der Waals surface area contributed by atoms with Gasteiger partial charge in [0.2, 0.25) is 0 Å². The molecule has 12 heavy (non-hydrogen) atoms. The molecule has 68 valence electrons. The molecule has 0 amide bonds. The lowest BCUT2D eigenvalue weighted by atomic mass is 9.94. The maximum absolute atomic E-state index is 11.1. The van der Waals surface area contributed by atoms with E-state index in [9.17, 15) is 4.79 Å². The van der Waals surface area contributed by atoms with E-state index in [4.69, 9.17) is 9.47 Å². The van der Waals surface area contributed by atoms with Gasteiger partial charge in [-0.15, -0.1) is 0 Å². The largest absolute Gasteiger partial charge is 0.381 e. The normalized spacial score (nSPS) is 37.2. The summed E-state index contributed by atoms with van der Waals surface area (Å²) in [6.07, 6.45) is 2.41. The summed E-state index contributed by atoms with van der Waals surface area (Å²) in [4.78, 5) is 11.1. The van der Waals surface area contributed by atoms with Crippen LogP contribution in [-0.2, 0) is 14.3 Å². The summed E-state index contributed by atoms with van der Waals surface area (Å²) in [5, 5.41) is 0. The molecule has 2 fully saturated rings. The molecule has 3 heteroatoms. The lowest BCUT2D eigenvalue weighted by molar-refractivity contribution is -0.130. The molecule has 2 heterocycles. The van der Waals surface area contributed by atoms with Crippen LogP contribution in [0.3, 0.4) is 0 Å². The second-order valence-corrected chi connectivity index (χ2v) is 3.53. The summed E-state index contributed by atoms with van der Waals surface area (Å²) in [6, 6.07) is 0. The van der Waals surface area contributed by atoms with Gasteiger partial charge in [0.05, 0.1) is 19.3 Å². The Morgan fingerprint density at radius 2 is 2.25 bits per heavy atom. The Bertz CT molecular complexity index is 173. The summed E-state index contributed by atoms with van der Waals surface area (Å²) in [5.41, 5.74) is 0. The van der Waals surface area contributed by atoms with Gasteiger partial charge >= 0.3 is 0 Å². The van der Waals surface area contributed by atoms with Gasteiger partial charge in [-0.3, -0.25) is 4.79 Å². The average Bonchev–Trinajstić information content (AvgIpc) is 2.56. The summed E-state index contributed by atoms with van der Waals surface area (Å²) in [5.74, 6) is 0.812. The molecule has 0 spiro atoms. The van der Waals surface area contributed by atoms with Gasteiger partial charge in [-0.25, -0.2) is 0 Å². The van der Waals surface area contributed by atoms with E-state index in [0.29, 0.717) is 31.1 Å². The van der Waals surface area contributed by atoms with Crippen molar-refractivity contribution in [2.45, 2.75) is 25.4 Å². The molecule has 3 nitrogen and oxygen atoms in total. The van der Waals surface area contributed by atoms with Gasteiger partial charge in [-0.05, 0) is 6.42 Å². The number of ether oxygens (including phenoxy) is 2. The Balaban J connectivity index is 1.89. The molecule has 0 saturated carbocycles. The molecule has 0 aliphatic carbocycles. The molecule has 0 bridgehead atoms. The molecule has 0 N–H and O–H groups in total. The minimum absolute atomic E-state index is 0.147. The third kappa shape index (κ3) is 1.67. The lowest BCUT2D eigenvalue weighted by Crippen LogP contribution is -2.32. The number of carbonyl (C=O) groups is 1. The van der Waals surface area contributed by atoms with E-state index in [0.717, 1.165) is 19.6 Å². The zero-order valence-electron chi connectivity index (χ0n) is 7.12. The second-order valence-electron chi connectivity index (χ2n) is 3.53. The van der Waals surface area contributed by atoms with Gasteiger partial charge < -0.3 is 9.47 Å². The molecule has 2 rings (SSSR count). The van der Waals surface area contributed by atoms with Crippen LogP contribution in [0.2, 0.25) is 0 Å². The molecule has 0 aromatic carbocycles. The van der Waals surface area contributed by atoms with Crippen LogP contribution in [0.1, 0.15) is 19.3 Å². The summed E-state index contributed by atoms with van der Waals surface area (Å²) in [7, 11) is 0. The van der Waals surface area contributed by atoms with Crippen molar-refractivity contribution in [2.75, 3.05) is 19.8 Å². The van der Waals surface area contributed by atoms with Crippen LogP contribution < -0.4 is 0 Å². The van der Waals surface area contributed by atoms with Crippen molar-refractivity contribution >= 4 is 5.78 Å². The predicted molar refractivity (Wildman–Crippen MR) is 42.9 cm³/mol. The summed E-state index contributed by atoms with van der Waals surface area (Å²) >= 11 is 0. The fraction of sp³-hybridized carbons (Fsp3) is 0.889. The SMILES string of the molecule is O=C1CCOC([C@@H]2CCOC2)C1. The van der Waals surface area contributed by atoms with Gasteiger partial charge in [0.1, 0.15) is 5.78 Å². The van der Waals surface area contributed by atoms with E-state index < -0.39 is 0 Å². The monoisotopic (exact) mass is 170 g/mol. The number of hydrogen-bond acceptors (Lipinski definition) is 3. The van der Waals surface area contributed by atoms with Crippen LogP contribution in [0.15, 0.2) is 0 Å². The molecule has 2 atom stereocenters. The first kappa shape index (κ1) is 8.20. The number of hydrogen-bond donors (Lipinski definition) is 0. The highest BCUT2D eigenvalue weighted by molar-refractivity contribution is 5.79. The van der Waals surface area contributed by atoms with Crippen LogP contribution in [-0.4, -0.2) is 31.7 Å². The smallest absolute Gasteiger partial charge is 0.137 e. The van der Waals surface area contributed by atoms with Crippen molar-refractivity contribution < 1.29 is 14.3 Å². The van der Waals surface area contributed by atoms with Crippen molar-refractivity contribution in [3.8, 4) is 0 Å². The Morgan fingerprint density at radius 1 is 1.33 bits per heavy atom. The molecule has 0 aromatic rings. The standard InChI is InChI=1S/C9H14O3/c10-8-2-4-12-9(5-8)7-1-3-11-6-7/h7,9H,1-6H2/t7-,9?/m1/s1. The van der Waals surface area contributed by atoms with Crippen molar-refractivity contribution in [2.24, 2.45) is 5.92 Å². The van der Waals surface area contributed by atoms with E-state index in [-0.39, 0.29) is 6.10 Å². The number of ketones is 1. The first-order chi connectivity index (χ1) is 5.86. The first-order valence-corrected chi connectivity index (χ1v) is 4.57. The zero-order valence-corrected chi connectivity index (χ0v) is 7.12. The molecule has 0 radical (unpaired) electrons. The van der Waals surface area contributed by atoms with E-state index in [1.54, 1.807) is 0 Å². The maximum Gasteiger partial charge on any atom is 0.137 e.